The maximum atomic E-state index is 11.1. The molecular formula is C8H13ClO3. The van der Waals surface area contributed by atoms with Crippen LogP contribution in [-0.2, 0) is 14.3 Å². The molecular weight excluding hydrogens is 180 g/mol. The second-order valence-corrected chi connectivity index (χ2v) is 3.91. The van der Waals surface area contributed by atoms with Crippen LogP contribution in [0.5, 0.6) is 0 Å². The van der Waals surface area contributed by atoms with Crippen molar-refractivity contribution in [1.82, 2.24) is 0 Å². The van der Waals surface area contributed by atoms with Gasteiger partial charge in [-0.1, -0.05) is 0 Å². The number of esters is 1. The van der Waals surface area contributed by atoms with Crippen LogP contribution in [0.2, 0.25) is 0 Å². The molecule has 0 rings (SSSR count). The Morgan fingerprint density at radius 3 is 2.17 bits per heavy atom. The van der Waals surface area contributed by atoms with E-state index in [1.807, 2.05) is 0 Å². The van der Waals surface area contributed by atoms with Crippen LogP contribution >= 0.6 is 11.6 Å². The van der Waals surface area contributed by atoms with Crippen molar-refractivity contribution >= 4 is 22.8 Å². The van der Waals surface area contributed by atoms with E-state index in [0.717, 1.165) is 0 Å². The van der Waals surface area contributed by atoms with Gasteiger partial charge in [0.25, 0.3) is 0 Å². The molecule has 0 aromatic rings. The monoisotopic (exact) mass is 192 g/mol. The summed E-state index contributed by atoms with van der Waals surface area (Å²) in [5.41, 5.74) is -0.518. The van der Waals surface area contributed by atoms with Crippen molar-refractivity contribution in [2.24, 2.45) is 5.41 Å². The summed E-state index contributed by atoms with van der Waals surface area (Å²) < 4.78 is 4.77. The van der Waals surface area contributed by atoms with Gasteiger partial charge in [0.2, 0.25) is 5.24 Å². The molecule has 0 aliphatic heterocycles. The van der Waals surface area contributed by atoms with E-state index >= 15 is 0 Å². The van der Waals surface area contributed by atoms with Crippen molar-refractivity contribution in [3.63, 3.8) is 0 Å². The molecule has 0 heterocycles. The molecule has 0 aliphatic rings. The fourth-order valence-corrected chi connectivity index (χ4v) is 0.518. The minimum Gasteiger partial charge on any atom is -0.465 e. The standard InChI is InChI=1S/C8H13ClO3/c1-8(2,3)7(11)12-5-4-6(9)10/h4-5H2,1-3H3. The summed E-state index contributed by atoms with van der Waals surface area (Å²) in [7, 11) is 0. The average molecular weight is 193 g/mol. The Morgan fingerprint density at radius 2 is 1.83 bits per heavy atom. The average Bonchev–Trinajstić information content (AvgIpc) is 1.84. The van der Waals surface area contributed by atoms with E-state index in [2.05, 4.69) is 0 Å². The van der Waals surface area contributed by atoms with E-state index in [9.17, 15) is 9.59 Å². The van der Waals surface area contributed by atoms with Crippen LogP contribution in [0.1, 0.15) is 27.2 Å². The number of hydrogen-bond donors (Lipinski definition) is 0. The SMILES string of the molecule is CC(C)(C)C(=O)OCCC(=O)Cl. The highest BCUT2D eigenvalue weighted by Gasteiger charge is 2.22. The highest BCUT2D eigenvalue weighted by Crippen LogP contribution is 2.15. The van der Waals surface area contributed by atoms with Gasteiger partial charge < -0.3 is 4.74 Å². The van der Waals surface area contributed by atoms with Crippen molar-refractivity contribution in [3.05, 3.63) is 0 Å². The van der Waals surface area contributed by atoms with Gasteiger partial charge in [-0.2, -0.15) is 0 Å². The molecule has 0 unspecified atom stereocenters. The first-order chi connectivity index (χ1) is 5.34. The summed E-state index contributed by atoms with van der Waals surface area (Å²) in [6, 6.07) is 0. The third kappa shape index (κ3) is 5.13. The third-order valence-electron chi connectivity index (χ3n) is 1.14. The number of ether oxygens (including phenoxy) is 1. The van der Waals surface area contributed by atoms with Gasteiger partial charge in [0.1, 0.15) is 0 Å². The Bertz CT molecular complexity index is 181. The fraction of sp³-hybridized carbons (Fsp3) is 0.750. The van der Waals surface area contributed by atoms with Gasteiger partial charge in [-0.3, -0.25) is 9.59 Å². The number of halogens is 1. The van der Waals surface area contributed by atoms with Gasteiger partial charge in [-0.25, -0.2) is 0 Å². The largest absolute Gasteiger partial charge is 0.465 e. The molecule has 0 fully saturated rings. The molecule has 0 aromatic carbocycles. The van der Waals surface area contributed by atoms with Crippen LogP contribution in [0.4, 0.5) is 0 Å². The van der Waals surface area contributed by atoms with E-state index in [1.165, 1.54) is 0 Å². The zero-order valence-electron chi connectivity index (χ0n) is 7.52. The number of hydrogen-bond acceptors (Lipinski definition) is 3. The highest BCUT2D eigenvalue weighted by atomic mass is 35.5. The first kappa shape index (κ1) is 11.4. The fourth-order valence-electron chi connectivity index (χ4n) is 0.440. The quantitative estimate of drug-likeness (QED) is 0.505. The Labute approximate surface area is 77.0 Å². The molecule has 0 atom stereocenters. The lowest BCUT2D eigenvalue weighted by Crippen LogP contribution is -2.23. The molecule has 0 N–H and O–H groups in total. The van der Waals surface area contributed by atoms with E-state index in [-0.39, 0.29) is 19.0 Å². The predicted molar refractivity (Wildman–Crippen MR) is 45.9 cm³/mol. The summed E-state index contributed by atoms with van der Waals surface area (Å²) in [6.45, 7) is 5.31. The number of rotatable bonds is 3. The minimum atomic E-state index is -0.518. The lowest BCUT2D eigenvalue weighted by Gasteiger charge is -2.15. The second kappa shape index (κ2) is 4.45. The molecule has 4 heteroatoms. The van der Waals surface area contributed by atoms with Crippen LogP contribution in [0.3, 0.4) is 0 Å². The van der Waals surface area contributed by atoms with Crippen LogP contribution < -0.4 is 0 Å². The van der Waals surface area contributed by atoms with Gasteiger partial charge in [-0.05, 0) is 32.4 Å². The molecule has 0 bridgehead atoms. The third-order valence-corrected chi connectivity index (χ3v) is 1.33. The summed E-state index contributed by atoms with van der Waals surface area (Å²) in [5.74, 6) is -0.319. The molecule has 70 valence electrons. The maximum absolute atomic E-state index is 11.1. The van der Waals surface area contributed by atoms with Gasteiger partial charge in [-0.15, -0.1) is 0 Å². The molecule has 0 aliphatic carbocycles. The number of carbonyl (C=O) groups excluding carboxylic acids is 2. The first-order valence-corrected chi connectivity index (χ1v) is 4.07. The zero-order chi connectivity index (χ0) is 9.78. The first-order valence-electron chi connectivity index (χ1n) is 3.69. The van der Waals surface area contributed by atoms with Crippen molar-refractivity contribution in [2.45, 2.75) is 27.2 Å². The summed E-state index contributed by atoms with van der Waals surface area (Å²) in [5, 5.41) is -0.489. The van der Waals surface area contributed by atoms with E-state index in [0.29, 0.717) is 0 Å². The lowest BCUT2D eigenvalue weighted by atomic mass is 9.97. The van der Waals surface area contributed by atoms with Gasteiger partial charge in [0, 0.05) is 0 Å². The Morgan fingerprint density at radius 1 is 1.33 bits per heavy atom. The number of carbonyl (C=O) groups is 2. The molecule has 0 amide bonds. The van der Waals surface area contributed by atoms with E-state index in [4.69, 9.17) is 16.3 Å². The molecule has 12 heavy (non-hydrogen) atoms. The second-order valence-electron chi connectivity index (χ2n) is 3.49. The Kier molecular flexibility index (Phi) is 4.24. The normalized spacial score (nSPS) is 11.0. The lowest BCUT2D eigenvalue weighted by molar-refractivity contribution is -0.153. The van der Waals surface area contributed by atoms with Gasteiger partial charge >= 0.3 is 5.97 Å². The molecule has 0 saturated heterocycles. The molecule has 0 saturated carbocycles. The zero-order valence-corrected chi connectivity index (χ0v) is 8.27. The van der Waals surface area contributed by atoms with E-state index < -0.39 is 10.7 Å². The van der Waals surface area contributed by atoms with Crippen molar-refractivity contribution in [2.75, 3.05) is 6.61 Å². The van der Waals surface area contributed by atoms with Gasteiger partial charge in [0.05, 0.1) is 18.4 Å². The van der Waals surface area contributed by atoms with Crippen molar-refractivity contribution in [3.8, 4) is 0 Å². The molecule has 0 radical (unpaired) electrons. The molecule has 0 spiro atoms. The van der Waals surface area contributed by atoms with Crippen LogP contribution in [0.25, 0.3) is 0 Å². The predicted octanol–water partition coefficient (Wildman–Crippen LogP) is 1.73. The van der Waals surface area contributed by atoms with Crippen molar-refractivity contribution in [1.29, 1.82) is 0 Å². The highest BCUT2D eigenvalue weighted by molar-refractivity contribution is 6.63. The van der Waals surface area contributed by atoms with Gasteiger partial charge in [0.15, 0.2) is 0 Å². The molecule has 0 aromatic heterocycles. The minimum absolute atomic E-state index is 0.0679. The van der Waals surface area contributed by atoms with E-state index in [1.54, 1.807) is 20.8 Å². The Hall–Kier alpha value is -0.570. The van der Waals surface area contributed by atoms with Crippen molar-refractivity contribution < 1.29 is 14.3 Å². The van der Waals surface area contributed by atoms with Crippen LogP contribution in [0.15, 0.2) is 0 Å². The van der Waals surface area contributed by atoms with Crippen LogP contribution in [0, 0.1) is 5.41 Å². The summed E-state index contributed by atoms with van der Waals surface area (Å²) in [6.07, 6.45) is 0.0728. The molecule has 3 nitrogen and oxygen atoms in total. The smallest absolute Gasteiger partial charge is 0.311 e. The topological polar surface area (TPSA) is 43.4 Å². The summed E-state index contributed by atoms with van der Waals surface area (Å²) >= 11 is 5.05. The summed E-state index contributed by atoms with van der Waals surface area (Å²) in [4.78, 5) is 21.3. The Balaban J connectivity index is 3.66. The van der Waals surface area contributed by atoms with Crippen LogP contribution in [-0.4, -0.2) is 17.8 Å². The maximum Gasteiger partial charge on any atom is 0.311 e.